The zero-order chi connectivity index (χ0) is 17.7. The first-order valence-electron chi connectivity index (χ1n) is 8.02. The molecule has 0 saturated heterocycles. The Kier molecular flexibility index (Phi) is 5.68. The second-order valence-electron chi connectivity index (χ2n) is 5.35. The van der Waals surface area contributed by atoms with Crippen LogP contribution in [0.1, 0.15) is 55.7 Å². The van der Waals surface area contributed by atoms with Gasteiger partial charge in [-0.3, -0.25) is 14.7 Å². The van der Waals surface area contributed by atoms with Crippen molar-refractivity contribution in [2.75, 3.05) is 6.61 Å². The predicted molar refractivity (Wildman–Crippen MR) is 89.5 cm³/mol. The molecule has 24 heavy (non-hydrogen) atoms. The van der Waals surface area contributed by atoms with Crippen LogP contribution in [0.3, 0.4) is 0 Å². The molecule has 1 aromatic heterocycles. The zero-order valence-corrected chi connectivity index (χ0v) is 14.1. The Balaban J connectivity index is 2.54. The third-order valence-electron chi connectivity index (χ3n) is 3.96. The van der Waals surface area contributed by atoms with Gasteiger partial charge in [0.1, 0.15) is 11.5 Å². The van der Waals surface area contributed by atoms with E-state index in [1.54, 1.807) is 30.0 Å². The van der Waals surface area contributed by atoms with Crippen LogP contribution in [0, 0.1) is 10.1 Å². The molecule has 0 aliphatic carbocycles. The summed E-state index contributed by atoms with van der Waals surface area (Å²) in [6.07, 6.45) is 5.13. The fourth-order valence-corrected chi connectivity index (χ4v) is 2.69. The van der Waals surface area contributed by atoms with Crippen LogP contribution in [0.15, 0.2) is 30.6 Å². The number of hydrogen-bond donors (Lipinski definition) is 0. The van der Waals surface area contributed by atoms with Crippen molar-refractivity contribution < 1.29 is 14.5 Å². The number of aromatic nitrogens is 2. The highest BCUT2D eigenvalue weighted by atomic mass is 16.6. The Morgan fingerprint density at radius 2 is 2.04 bits per heavy atom. The van der Waals surface area contributed by atoms with E-state index in [1.807, 2.05) is 0 Å². The Bertz CT molecular complexity index is 735. The summed E-state index contributed by atoms with van der Waals surface area (Å²) in [7, 11) is 0. The molecule has 7 heteroatoms. The number of hydrogen-bond acceptors (Lipinski definition) is 5. The monoisotopic (exact) mass is 331 g/mol. The molecule has 0 N–H and O–H groups in total. The van der Waals surface area contributed by atoms with Crippen LogP contribution < -0.4 is 0 Å². The Labute approximate surface area is 140 Å². The van der Waals surface area contributed by atoms with Gasteiger partial charge in [0.2, 0.25) is 0 Å². The summed E-state index contributed by atoms with van der Waals surface area (Å²) >= 11 is 0. The van der Waals surface area contributed by atoms with Gasteiger partial charge in [-0.05, 0) is 31.9 Å². The second kappa shape index (κ2) is 7.72. The smallest absolute Gasteiger partial charge is 0.338 e. The molecule has 0 spiro atoms. The molecule has 1 aromatic carbocycles. The van der Waals surface area contributed by atoms with E-state index in [0.717, 1.165) is 18.7 Å². The van der Waals surface area contributed by atoms with Gasteiger partial charge in [-0.25, -0.2) is 9.78 Å². The van der Waals surface area contributed by atoms with Crippen LogP contribution in [0.4, 0.5) is 5.69 Å². The van der Waals surface area contributed by atoms with Gasteiger partial charge in [-0.2, -0.15) is 0 Å². The minimum Gasteiger partial charge on any atom is -0.462 e. The van der Waals surface area contributed by atoms with Crippen molar-refractivity contribution in [3.8, 4) is 5.69 Å². The maximum atomic E-state index is 11.8. The van der Waals surface area contributed by atoms with Crippen molar-refractivity contribution in [3.05, 3.63) is 52.1 Å². The summed E-state index contributed by atoms with van der Waals surface area (Å²) < 4.78 is 6.64. The summed E-state index contributed by atoms with van der Waals surface area (Å²) in [4.78, 5) is 27.2. The molecule has 2 rings (SSSR count). The molecule has 0 saturated carbocycles. The lowest BCUT2D eigenvalue weighted by Gasteiger charge is -2.15. The maximum absolute atomic E-state index is 11.8. The number of nitro groups is 1. The number of nitro benzene ring substituents is 1. The van der Waals surface area contributed by atoms with Crippen LogP contribution in [-0.4, -0.2) is 27.1 Å². The molecule has 1 heterocycles. The predicted octanol–water partition coefficient (Wildman–Crippen LogP) is 3.86. The standard InChI is InChI=1S/C17H21N3O4/c1-4-12(5-2)16-18-9-10-19(16)14-8-7-13(17(21)24-6-3)11-15(14)20(22)23/h7-12H,4-6H2,1-3H3. The highest BCUT2D eigenvalue weighted by Gasteiger charge is 2.23. The molecule has 0 atom stereocenters. The molecular formula is C17H21N3O4. The van der Waals surface area contributed by atoms with Crippen LogP contribution in [0.5, 0.6) is 0 Å². The minimum atomic E-state index is -0.571. The lowest BCUT2D eigenvalue weighted by atomic mass is 10.0. The maximum Gasteiger partial charge on any atom is 0.338 e. The molecule has 7 nitrogen and oxygen atoms in total. The number of esters is 1. The first kappa shape index (κ1) is 17.7. The number of carbonyl (C=O) groups is 1. The average molecular weight is 331 g/mol. The largest absolute Gasteiger partial charge is 0.462 e. The van der Waals surface area contributed by atoms with Crippen molar-refractivity contribution in [3.63, 3.8) is 0 Å². The number of benzene rings is 1. The summed E-state index contributed by atoms with van der Waals surface area (Å²) in [6.45, 7) is 6.03. The Hall–Kier alpha value is -2.70. The molecule has 0 bridgehead atoms. The number of carbonyl (C=O) groups excluding carboxylic acids is 1. The van der Waals surface area contributed by atoms with Gasteiger partial charge in [0.15, 0.2) is 0 Å². The van der Waals surface area contributed by atoms with E-state index in [-0.39, 0.29) is 23.8 Å². The van der Waals surface area contributed by atoms with Gasteiger partial charge >= 0.3 is 5.97 Å². The second-order valence-corrected chi connectivity index (χ2v) is 5.35. The molecule has 0 unspecified atom stereocenters. The molecule has 0 radical (unpaired) electrons. The first-order valence-corrected chi connectivity index (χ1v) is 8.02. The van der Waals surface area contributed by atoms with Crippen molar-refractivity contribution in [2.24, 2.45) is 0 Å². The summed E-state index contributed by atoms with van der Waals surface area (Å²) in [5.74, 6) is 0.425. The van der Waals surface area contributed by atoms with Gasteiger partial charge in [0.05, 0.1) is 17.1 Å². The highest BCUT2D eigenvalue weighted by Crippen LogP contribution is 2.30. The van der Waals surface area contributed by atoms with Gasteiger partial charge in [-0.1, -0.05) is 13.8 Å². The fourth-order valence-electron chi connectivity index (χ4n) is 2.69. The van der Waals surface area contributed by atoms with E-state index in [0.29, 0.717) is 5.69 Å². The van der Waals surface area contributed by atoms with Gasteiger partial charge in [-0.15, -0.1) is 0 Å². The quantitative estimate of drug-likeness (QED) is 0.437. The first-order chi connectivity index (χ1) is 11.5. The van der Waals surface area contributed by atoms with Crippen molar-refractivity contribution in [1.82, 2.24) is 9.55 Å². The Morgan fingerprint density at radius 1 is 1.33 bits per heavy atom. The molecular weight excluding hydrogens is 310 g/mol. The normalized spacial score (nSPS) is 10.8. The van der Waals surface area contributed by atoms with Crippen molar-refractivity contribution >= 4 is 11.7 Å². The molecule has 2 aromatic rings. The van der Waals surface area contributed by atoms with Crippen LogP contribution >= 0.6 is 0 Å². The van der Waals surface area contributed by atoms with E-state index in [4.69, 9.17) is 4.74 Å². The molecule has 0 aliphatic rings. The Morgan fingerprint density at radius 3 is 2.62 bits per heavy atom. The number of imidazole rings is 1. The minimum absolute atomic E-state index is 0.147. The highest BCUT2D eigenvalue weighted by molar-refractivity contribution is 5.90. The number of rotatable bonds is 7. The number of ether oxygens (including phenoxy) is 1. The van der Waals surface area contributed by atoms with Crippen LogP contribution in [0.25, 0.3) is 5.69 Å². The van der Waals surface area contributed by atoms with Gasteiger partial charge < -0.3 is 4.74 Å². The van der Waals surface area contributed by atoms with Gasteiger partial charge in [0.25, 0.3) is 5.69 Å². The average Bonchev–Trinajstić information content (AvgIpc) is 3.05. The third-order valence-corrected chi connectivity index (χ3v) is 3.96. The molecule has 0 aliphatic heterocycles. The molecule has 0 fully saturated rings. The lowest BCUT2D eigenvalue weighted by molar-refractivity contribution is -0.384. The van der Waals surface area contributed by atoms with E-state index >= 15 is 0 Å². The summed E-state index contributed by atoms with van der Waals surface area (Å²) in [5.41, 5.74) is 0.412. The van der Waals surface area contributed by atoms with Gasteiger partial charge in [0, 0.05) is 24.4 Å². The summed E-state index contributed by atoms with van der Waals surface area (Å²) in [5, 5.41) is 11.5. The van der Waals surface area contributed by atoms with E-state index in [9.17, 15) is 14.9 Å². The zero-order valence-electron chi connectivity index (χ0n) is 14.1. The molecule has 0 amide bonds. The third kappa shape index (κ3) is 3.45. The van der Waals surface area contributed by atoms with E-state index < -0.39 is 10.9 Å². The van der Waals surface area contributed by atoms with Crippen molar-refractivity contribution in [1.29, 1.82) is 0 Å². The SMILES string of the molecule is CCOC(=O)c1ccc(-n2ccnc2C(CC)CC)c([N+](=O)[O-])c1. The molecule has 128 valence electrons. The van der Waals surface area contributed by atoms with E-state index in [1.165, 1.54) is 12.1 Å². The van der Waals surface area contributed by atoms with Crippen LogP contribution in [0.2, 0.25) is 0 Å². The lowest BCUT2D eigenvalue weighted by Crippen LogP contribution is -2.10. The number of nitrogens with zero attached hydrogens (tertiary/aromatic N) is 3. The van der Waals surface area contributed by atoms with Crippen LogP contribution in [-0.2, 0) is 4.74 Å². The summed E-state index contributed by atoms with van der Waals surface area (Å²) in [6, 6.07) is 4.36. The van der Waals surface area contributed by atoms with Crippen molar-refractivity contribution in [2.45, 2.75) is 39.5 Å². The fraction of sp³-hybridized carbons (Fsp3) is 0.412. The van der Waals surface area contributed by atoms with E-state index in [2.05, 4.69) is 18.8 Å². The topological polar surface area (TPSA) is 87.3 Å².